The fourth-order valence-electron chi connectivity index (χ4n) is 2.83. The first-order chi connectivity index (χ1) is 12.2. The third-order valence-electron chi connectivity index (χ3n) is 4.49. The first kappa shape index (κ1) is 17.5. The molecule has 134 valence electrons. The molecular weight excluding hydrogens is 320 g/mol. The van der Waals surface area contributed by atoms with Crippen molar-refractivity contribution in [1.82, 2.24) is 10.5 Å². The highest BCUT2D eigenvalue weighted by molar-refractivity contribution is 5.91. The van der Waals surface area contributed by atoms with E-state index in [4.69, 9.17) is 14.0 Å². The van der Waals surface area contributed by atoms with Crippen molar-refractivity contribution in [1.29, 1.82) is 0 Å². The smallest absolute Gasteiger partial charge is 0.232 e. The minimum Gasteiger partial charge on any atom is -0.497 e. The van der Waals surface area contributed by atoms with Gasteiger partial charge in [-0.3, -0.25) is 4.79 Å². The number of methoxy groups -OCH3 is 1. The summed E-state index contributed by atoms with van der Waals surface area (Å²) in [6, 6.07) is 9.45. The number of aromatic nitrogens is 1. The summed E-state index contributed by atoms with van der Waals surface area (Å²) in [6.45, 7) is 3.93. The molecule has 1 amide bonds. The summed E-state index contributed by atoms with van der Waals surface area (Å²) in [5.41, 5.74) is 1.05. The van der Waals surface area contributed by atoms with E-state index in [-0.39, 0.29) is 5.91 Å². The highest BCUT2D eigenvalue weighted by Crippen LogP contribution is 2.48. The number of carbonyl (C=O) groups excluding carboxylic acids is 1. The Morgan fingerprint density at radius 3 is 2.92 bits per heavy atom. The van der Waals surface area contributed by atoms with Crippen LogP contribution in [-0.4, -0.2) is 37.9 Å². The van der Waals surface area contributed by atoms with E-state index in [0.29, 0.717) is 31.2 Å². The van der Waals surface area contributed by atoms with Gasteiger partial charge >= 0.3 is 0 Å². The van der Waals surface area contributed by atoms with Gasteiger partial charge in [-0.15, -0.1) is 0 Å². The monoisotopic (exact) mass is 344 g/mol. The number of hydrogen-bond donors (Lipinski definition) is 1. The van der Waals surface area contributed by atoms with Gasteiger partial charge in [-0.25, -0.2) is 0 Å². The molecule has 1 aliphatic carbocycles. The third-order valence-corrected chi connectivity index (χ3v) is 4.49. The van der Waals surface area contributed by atoms with Crippen LogP contribution in [0.5, 0.6) is 5.75 Å². The standard InChI is InChI=1S/C19H24N2O4/c1-3-24-11-5-10-20-18(22)19(8-9-19)17-13-16(25-21-17)14-6-4-7-15(12-14)23-2/h4,6-7,12-13H,3,5,8-11H2,1-2H3,(H,20,22). The van der Waals surface area contributed by atoms with E-state index in [2.05, 4.69) is 10.5 Å². The van der Waals surface area contributed by atoms with E-state index in [1.54, 1.807) is 7.11 Å². The van der Waals surface area contributed by atoms with Crippen molar-refractivity contribution in [2.24, 2.45) is 0 Å². The molecule has 0 unspecified atom stereocenters. The highest BCUT2D eigenvalue weighted by atomic mass is 16.5. The molecule has 1 fully saturated rings. The lowest BCUT2D eigenvalue weighted by molar-refractivity contribution is -0.123. The SMILES string of the molecule is CCOCCCNC(=O)C1(c2cc(-c3cccc(OC)c3)on2)CC1. The molecule has 3 rings (SSSR count). The molecule has 0 spiro atoms. The van der Waals surface area contributed by atoms with Gasteiger partial charge in [0.25, 0.3) is 0 Å². The van der Waals surface area contributed by atoms with Crippen molar-refractivity contribution in [3.63, 3.8) is 0 Å². The van der Waals surface area contributed by atoms with Crippen molar-refractivity contribution in [2.45, 2.75) is 31.6 Å². The Kier molecular flexibility index (Phi) is 5.38. The molecule has 1 aliphatic rings. The summed E-state index contributed by atoms with van der Waals surface area (Å²) >= 11 is 0. The summed E-state index contributed by atoms with van der Waals surface area (Å²) in [5, 5.41) is 7.15. The zero-order valence-electron chi connectivity index (χ0n) is 14.7. The Bertz CT molecular complexity index is 722. The van der Waals surface area contributed by atoms with Gasteiger partial charge in [-0.05, 0) is 38.3 Å². The fourth-order valence-corrected chi connectivity index (χ4v) is 2.83. The first-order valence-electron chi connectivity index (χ1n) is 8.67. The zero-order valence-corrected chi connectivity index (χ0v) is 14.7. The van der Waals surface area contributed by atoms with Crippen LogP contribution in [0.25, 0.3) is 11.3 Å². The maximum Gasteiger partial charge on any atom is 0.232 e. The Labute approximate surface area is 147 Å². The lowest BCUT2D eigenvalue weighted by Crippen LogP contribution is -2.35. The number of carbonyl (C=O) groups is 1. The number of hydrogen-bond acceptors (Lipinski definition) is 5. The molecule has 1 saturated carbocycles. The molecule has 25 heavy (non-hydrogen) atoms. The van der Waals surface area contributed by atoms with Crippen molar-refractivity contribution >= 4 is 5.91 Å². The Morgan fingerprint density at radius 1 is 1.36 bits per heavy atom. The van der Waals surface area contributed by atoms with Crippen LogP contribution >= 0.6 is 0 Å². The van der Waals surface area contributed by atoms with Gasteiger partial charge in [0.1, 0.15) is 5.75 Å². The van der Waals surface area contributed by atoms with E-state index in [1.165, 1.54) is 0 Å². The predicted molar refractivity (Wildman–Crippen MR) is 93.5 cm³/mol. The number of nitrogens with one attached hydrogen (secondary N) is 1. The molecule has 0 radical (unpaired) electrons. The van der Waals surface area contributed by atoms with Crippen LogP contribution in [0, 0.1) is 0 Å². The van der Waals surface area contributed by atoms with Crippen LogP contribution < -0.4 is 10.1 Å². The largest absolute Gasteiger partial charge is 0.497 e. The number of ether oxygens (including phenoxy) is 2. The molecular formula is C19H24N2O4. The molecule has 0 bridgehead atoms. The molecule has 0 aliphatic heterocycles. The fraction of sp³-hybridized carbons (Fsp3) is 0.474. The number of amides is 1. The van der Waals surface area contributed by atoms with Crippen LogP contribution in [0.2, 0.25) is 0 Å². The average molecular weight is 344 g/mol. The molecule has 6 nitrogen and oxygen atoms in total. The minimum atomic E-state index is -0.535. The van der Waals surface area contributed by atoms with Gasteiger partial charge in [0.2, 0.25) is 5.91 Å². The van der Waals surface area contributed by atoms with E-state index in [0.717, 1.165) is 30.6 Å². The molecule has 2 aromatic rings. The predicted octanol–water partition coefficient (Wildman–Crippen LogP) is 2.92. The summed E-state index contributed by atoms with van der Waals surface area (Å²) in [5.74, 6) is 1.42. The third kappa shape index (κ3) is 3.85. The summed E-state index contributed by atoms with van der Waals surface area (Å²) < 4.78 is 16.0. The molecule has 0 saturated heterocycles. The molecule has 0 atom stereocenters. The molecule has 6 heteroatoms. The molecule has 1 aromatic heterocycles. The van der Waals surface area contributed by atoms with Crippen molar-refractivity contribution < 1.29 is 18.8 Å². The second-order valence-corrected chi connectivity index (χ2v) is 6.20. The van der Waals surface area contributed by atoms with Gasteiger partial charge in [-0.2, -0.15) is 0 Å². The Balaban J connectivity index is 1.65. The zero-order chi connectivity index (χ0) is 17.7. The van der Waals surface area contributed by atoms with Crippen LogP contribution in [0.15, 0.2) is 34.9 Å². The summed E-state index contributed by atoms with van der Waals surface area (Å²) in [4.78, 5) is 12.6. The van der Waals surface area contributed by atoms with Gasteiger partial charge in [0, 0.05) is 31.4 Å². The van der Waals surface area contributed by atoms with Crippen molar-refractivity contribution in [3.05, 3.63) is 36.0 Å². The van der Waals surface area contributed by atoms with E-state index in [1.807, 2.05) is 37.3 Å². The maximum atomic E-state index is 12.6. The summed E-state index contributed by atoms with van der Waals surface area (Å²) in [6.07, 6.45) is 2.41. The van der Waals surface area contributed by atoms with Crippen molar-refractivity contribution in [3.8, 4) is 17.1 Å². The van der Waals surface area contributed by atoms with Crippen molar-refractivity contribution in [2.75, 3.05) is 26.9 Å². The van der Waals surface area contributed by atoms with E-state index < -0.39 is 5.41 Å². The number of benzene rings is 1. The second kappa shape index (κ2) is 7.70. The van der Waals surface area contributed by atoms with E-state index >= 15 is 0 Å². The van der Waals surface area contributed by atoms with Crippen LogP contribution in [0.4, 0.5) is 0 Å². The molecule has 1 heterocycles. The summed E-state index contributed by atoms with van der Waals surface area (Å²) in [7, 11) is 1.63. The first-order valence-corrected chi connectivity index (χ1v) is 8.67. The topological polar surface area (TPSA) is 73.6 Å². The normalized spacial score (nSPS) is 15.0. The van der Waals surface area contributed by atoms with Gasteiger partial charge in [0.05, 0.1) is 18.2 Å². The van der Waals surface area contributed by atoms with E-state index in [9.17, 15) is 4.79 Å². The second-order valence-electron chi connectivity index (χ2n) is 6.20. The maximum absolute atomic E-state index is 12.6. The molecule has 1 N–H and O–H groups in total. The Morgan fingerprint density at radius 2 is 2.20 bits per heavy atom. The van der Waals surface area contributed by atoms with Crippen LogP contribution in [0.1, 0.15) is 31.9 Å². The highest BCUT2D eigenvalue weighted by Gasteiger charge is 2.53. The quantitative estimate of drug-likeness (QED) is 0.708. The van der Waals surface area contributed by atoms with Crippen LogP contribution in [0.3, 0.4) is 0 Å². The lowest BCUT2D eigenvalue weighted by atomic mass is 10.0. The molecule has 1 aromatic carbocycles. The number of rotatable bonds is 9. The lowest BCUT2D eigenvalue weighted by Gasteiger charge is -2.12. The number of nitrogens with zero attached hydrogens (tertiary/aromatic N) is 1. The van der Waals surface area contributed by atoms with Gasteiger partial charge in [-0.1, -0.05) is 17.3 Å². The Hall–Kier alpha value is -2.34. The van der Waals surface area contributed by atoms with Crippen LogP contribution in [-0.2, 0) is 14.9 Å². The van der Waals surface area contributed by atoms with Gasteiger partial charge < -0.3 is 19.3 Å². The minimum absolute atomic E-state index is 0.0227. The van der Waals surface area contributed by atoms with Gasteiger partial charge in [0.15, 0.2) is 5.76 Å². The average Bonchev–Trinajstić information content (AvgIpc) is 3.31.